The van der Waals surface area contributed by atoms with Gasteiger partial charge in [-0.1, -0.05) is 43.7 Å². The van der Waals surface area contributed by atoms with Gasteiger partial charge in [0, 0.05) is 20.1 Å². The van der Waals surface area contributed by atoms with E-state index in [1.807, 2.05) is 25.2 Å². The lowest BCUT2D eigenvalue weighted by Crippen LogP contribution is -2.35. The molecule has 1 amide bonds. The number of hydrogen-bond acceptors (Lipinski definition) is 2. The van der Waals surface area contributed by atoms with Crippen LogP contribution >= 0.6 is 0 Å². The standard InChI is InChI=1S/C14H22N2O/c1-3-4-10-16(2)14(17)12-15-11-13-8-6-5-7-9-13/h5-9,15H,3-4,10-12H2,1-2H3. The number of benzene rings is 1. The first-order valence-corrected chi connectivity index (χ1v) is 6.22. The van der Waals surface area contributed by atoms with Crippen molar-refractivity contribution in [3.63, 3.8) is 0 Å². The lowest BCUT2D eigenvalue weighted by atomic mass is 10.2. The molecule has 0 aliphatic heterocycles. The van der Waals surface area contributed by atoms with Crippen LogP contribution in [0.1, 0.15) is 25.3 Å². The lowest BCUT2D eigenvalue weighted by Gasteiger charge is -2.16. The summed E-state index contributed by atoms with van der Waals surface area (Å²) < 4.78 is 0. The zero-order valence-corrected chi connectivity index (χ0v) is 10.8. The summed E-state index contributed by atoms with van der Waals surface area (Å²) in [6.45, 7) is 4.14. The third-order valence-corrected chi connectivity index (χ3v) is 2.72. The van der Waals surface area contributed by atoms with Gasteiger partial charge in [0.15, 0.2) is 0 Å². The molecule has 3 heteroatoms. The van der Waals surface area contributed by atoms with Crippen LogP contribution in [0.5, 0.6) is 0 Å². The predicted molar refractivity (Wildman–Crippen MR) is 70.7 cm³/mol. The molecule has 1 aromatic carbocycles. The minimum absolute atomic E-state index is 0.161. The first-order valence-electron chi connectivity index (χ1n) is 6.22. The van der Waals surface area contributed by atoms with Crippen molar-refractivity contribution in [3.05, 3.63) is 35.9 Å². The van der Waals surface area contributed by atoms with Gasteiger partial charge in [-0.3, -0.25) is 4.79 Å². The fraction of sp³-hybridized carbons (Fsp3) is 0.500. The molecule has 1 aromatic rings. The van der Waals surface area contributed by atoms with Crippen molar-refractivity contribution in [2.75, 3.05) is 20.1 Å². The molecule has 0 unspecified atom stereocenters. The van der Waals surface area contributed by atoms with Crippen LogP contribution in [-0.2, 0) is 11.3 Å². The molecule has 0 fully saturated rings. The second-order valence-electron chi connectivity index (χ2n) is 4.26. The van der Waals surface area contributed by atoms with Gasteiger partial charge < -0.3 is 10.2 Å². The topological polar surface area (TPSA) is 32.3 Å². The molecule has 1 N–H and O–H groups in total. The van der Waals surface area contributed by atoms with Crippen molar-refractivity contribution in [3.8, 4) is 0 Å². The van der Waals surface area contributed by atoms with Crippen LogP contribution in [0.4, 0.5) is 0 Å². The van der Waals surface area contributed by atoms with E-state index < -0.39 is 0 Å². The number of nitrogens with one attached hydrogen (secondary N) is 1. The Kier molecular flexibility index (Phi) is 6.33. The molecular formula is C14H22N2O. The monoisotopic (exact) mass is 234 g/mol. The molecule has 0 radical (unpaired) electrons. The molecule has 17 heavy (non-hydrogen) atoms. The van der Waals surface area contributed by atoms with Crippen molar-refractivity contribution in [2.24, 2.45) is 0 Å². The predicted octanol–water partition coefficient (Wildman–Crippen LogP) is 2.03. The maximum Gasteiger partial charge on any atom is 0.236 e. The second-order valence-corrected chi connectivity index (χ2v) is 4.26. The van der Waals surface area contributed by atoms with E-state index >= 15 is 0 Å². The van der Waals surface area contributed by atoms with E-state index in [0.29, 0.717) is 6.54 Å². The minimum Gasteiger partial charge on any atom is -0.345 e. The van der Waals surface area contributed by atoms with Crippen LogP contribution in [0.3, 0.4) is 0 Å². The van der Waals surface area contributed by atoms with Crippen LogP contribution in [0.2, 0.25) is 0 Å². The zero-order chi connectivity index (χ0) is 12.5. The average molecular weight is 234 g/mol. The Morgan fingerprint density at radius 3 is 2.65 bits per heavy atom. The number of rotatable bonds is 7. The van der Waals surface area contributed by atoms with Crippen molar-refractivity contribution < 1.29 is 4.79 Å². The molecule has 0 aromatic heterocycles. The van der Waals surface area contributed by atoms with E-state index in [2.05, 4.69) is 24.4 Å². The van der Waals surface area contributed by atoms with Gasteiger partial charge in [0.05, 0.1) is 6.54 Å². The molecule has 0 spiro atoms. The van der Waals surface area contributed by atoms with Gasteiger partial charge in [-0.25, -0.2) is 0 Å². The van der Waals surface area contributed by atoms with Gasteiger partial charge in [0.2, 0.25) is 5.91 Å². The highest BCUT2D eigenvalue weighted by Crippen LogP contribution is 1.97. The van der Waals surface area contributed by atoms with Gasteiger partial charge in [-0.05, 0) is 12.0 Å². The molecule has 0 atom stereocenters. The number of nitrogens with zero attached hydrogens (tertiary/aromatic N) is 1. The number of unbranched alkanes of at least 4 members (excludes halogenated alkanes) is 1. The average Bonchev–Trinajstić information content (AvgIpc) is 2.37. The molecule has 0 heterocycles. The number of likely N-dealkylation sites (N-methyl/N-ethyl adjacent to an activating group) is 1. The van der Waals surface area contributed by atoms with Crippen LogP contribution in [0, 0.1) is 0 Å². The zero-order valence-electron chi connectivity index (χ0n) is 10.8. The number of hydrogen-bond donors (Lipinski definition) is 1. The normalized spacial score (nSPS) is 10.2. The van der Waals surface area contributed by atoms with E-state index in [1.165, 1.54) is 5.56 Å². The molecule has 3 nitrogen and oxygen atoms in total. The third-order valence-electron chi connectivity index (χ3n) is 2.72. The van der Waals surface area contributed by atoms with Crippen LogP contribution in [0.25, 0.3) is 0 Å². The minimum atomic E-state index is 0.161. The molecular weight excluding hydrogens is 212 g/mol. The molecule has 0 saturated carbocycles. The summed E-state index contributed by atoms with van der Waals surface area (Å²) in [5.74, 6) is 0.161. The number of carbonyl (C=O) groups excluding carboxylic acids is 1. The van der Waals surface area contributed by atoms with E-state index in [0.717, 1.165) is 25.9 Å². The number of carbonyl (C=O) groups is 1. The second kappa shape index (κ2) is 7.85. The maximum absolute atomic E-state index is 11.7. The first-order chi connectivity index (χ1) is 8.24. The fourth-order valence-corrected chi connectivity index (χ4v) is 1.56. The van der Waals surface area contributed by atoms with Gasteiger partial charge in [0.25, 0.3) is 0 Å². The quantitative estimate of drug-likeness (QED) is 0.783. The van der Waals surface area contributed by atoms with E-state index in [4.69, 9.17) is 0 Å². The summed E-state index contributed by atoms with van der Waals surface area (Å²) in [4.78, 5) is 13.5. The fourth-order valence-electron chi connectivity index (χ4n) is 1.56. The Hall–Kier alpha value is -1.35. The highest BCUT2D eigenvalue weighted by atomic mass is 16.2. The van der Waals surface area contributed by atoms with Crippen LogP contribution in [0.15, 0.2) is 30.3 Å². The van der Waals surface area contributed by atoms with Crippen molar-refractivity contribution in [1.29, 1.82) is 0 Å². The number of amides is 1. The lowest BCUT2D eigenvalue weighted by molar-refractivity contribution is -0.129. The van der Waals surface area contributed by atoms with Crippen LogP contribution < -0.4 is 5.32 Å². The Morgan fingerprint density at radius 2 is 2.00 bits per heavy atom. The van der Waals surface area contributed by atoms with E-state index in [1.54, 1.807) is 4.90 Å². The highest BCUT2D eigenvalue weighted by molar-refractivity contribution is 5.77. The summed E-state index contributed by atoms with van der Waals surface area (Å²) in [6, 6.07) is 10.1. The van der Waals surface area contributed by atoms with E-state index in [9.17, 15) is 4.79 Å². The highest BCUT2D eigenvalue weighted by Gasteiger charge is 2.06. The Bertz CT molecular complexity index is 324. The SMILES string of the molecule is CCCCN(C)C(=O)CNCc1ccccc1. The summed E-state index contributed by atoms with van der Waals surface area (Å²) in [5, 5.41) is 3.17. The molecule has 0 aliphatic carbocycles. The Labute approximate surface area is 104 Å². The summed E-state index contributed by atoms with van der Waals surface area (Å²) in [6.07, 6.45) is 2.19. The molecule has 1 rings (SSSR count). The largest absolute Gasteiger partial charge is 0.345 e. The molecule has 0 saturated heterocycles. The van der Waals surface area contributed by atoms with Gasteiger partial charge in [-0.15, -0.1) is 0 Å². The molecule has 94 valence electrons. The van der Waals surface area contributed by atoms with E-state index in [-0.39, 0.29) is 5.91 Å². The Balaban J connectivity index is 2.20. The van der Waals surface area contributed by atoms with Gasteiger partial charge in [-0.2, -0.15) is 0 Å². The molecule has 0 bridgehead atoms. The summed E-state index contributed by atoms with van der Waals surface area (Å²) in [7, 11) is 1.86. The molecule has 0 aliphatic rings. The third kappa shape index (κ3) is 5.50. The smallest absolute Gasteiger partial charge is 0.236 e. The van der Waals surface area contributed by atoms with Crippen molar-refractivity contribution in [1.82, 2.24) is 10.2 Å². The summed E-state index contributed by atoms with van der Waals surface area (Å²) >= 11 is 0. The van der Waals surface area contributed by atoms with Gasteiger partial charge >= 0.3 is 0 Å². The van der Waals surface area contributed by atoms with Crippen molar-refractivity contribution in [2.45, 2.75) is 26.3 Å². The first kappa shape index (κ1) is 13.7. The van der Waals surface area contributed by atoms with Crippen LogP contribution in [-0.4, -0.2) is 30.9 Å². The Morgan fingerprint density at radius 1 is 1.29 bits per heavy atom. The van der Waals surface area contributed by atoms with Gasteiger partial charge in [0.1, 0.15) is 0 Å². The maximum atomic E-state index is 11.7. The summed E-state index contributed by atoms with van der Waals surface area (Å²) in [5.41, 5.74) is 1.21. The van der Waals surface area contributed by atoms with Crippen molar-refractivity contribution >= 4 is 5.91 Å².